The van der Waals surface area contributed by atoms with E-state index in [0.29, 0.717) is 6.61 Å². The highest BCUT2D eigenvalue weighted by atomic mass is 16.5. The summed E-state index contributed by atoms with van der Waals surface area (Å²) in [6.45, 7) is 2.30. The van der Waals surface area contributed by atoms with Crippen molar-refractivity contribution in [3.8, 4) is 5.75 Å². The molecule has 3 nitrogen and oxygen atoms in total. The van der Waals surface area contributed by atoms with Crippen LogP contribution in [0, 0.1) is 0 Å². The minimum Gasteiger partial charge on any atom is -0.492 e. The molecule has 0 aromatic heterocycles. The van der Waals surface area contributed by atoms with Crippen LogP contribution in [0.2, 0.25) is 0 Å². The predicted molar refractivity (Wildman–Crippen MR) is 76.0 cm³/mol. The van der Waals surface area contributed by atoms with Gasteiger partial charge in [-0.15, -0.1) is 0 Å². The van der Waals surface area contributed by atoms with Gasteiger partial charge < -0.3 is 15.2 Å². The predicted octanol–water partition coefficient (Wildman–Crippen LogP) is 2.35. The standard InChI is InChI=1S/C16H19NO2/c18-13-15-6-4-5-14(11-15)12-17-9-10-19-16-7-2-1-3-8-16/h1-8,11,17-18H,9-10,12-13H2. The molecule has 2 aromatic carbocycles. The molecule has 0 aliphatic rings. The van der Waals surface area contributed by atoms with Gasteiger partial charge in [-0.05, 0) is 23.3 Å². The van der Waals surface area contributed by atoms with Crippen LogP contribution in [0.5, 0.6) is 5.75 Å². The number of para-hydroxylation sites is 1. The van der Waals surface area contributed by atoms with Crippen LogP contribution < -0.4 is 10.1 Å². The van der Waals surface area contributed by atoms with Gasteiger partial charge in [-0.25, -0.2) is 0 Å². The van der Waals surface area contributed by atoms with E-state index in [1.54, 1.807) is 0 Å². The Morgan fingerprint density at radius 2 is 1.74 bits per heavy atom. The van der Waals surface area contributed by atoms with Gasteiger partial charge in [0, 0.05) is 13.1 Å². The fourth-order valence-corrected chi connectivity index (χ4v) is 1.83. The molecule has 2 rings (SSSR count). The number of ether oxygens (including phenoxy) is 1. The maximum absolute atomic E-state index is 9.06. The van der Waals surface area contributed by atoms with E-state index in [1.165, 1.54) is 5.56 Å². The van der Waals surface area contributed by atoms with Crippen molar-refractivity contribution < 1.29 is 9.84 Å². The monoisotopic (exact) mass is 257 g/mol. The summed E-state index contributed by atoms with van der Waals surface area (Å²) in [4.78, 5) is 0. The summed E-state index contributed by atoms with van der Waals surface area (Å²) in [5, 5.41) is 12.4. The normalized spacial score (nSPS) is 10.4. The Hall–Kier alpha value is -1.84. The average Bonchev–Trinajstić information content (AvgIpc) is 2.48. The number of nitrogens with one attached hydrogen (secondary N) is 1. The third-order valence-electron chi connectivity index (χ3n) is 2.79. The van der Waals surface area contributed by atoms with Gasteiger partial charge in [-0.1, -0.05) is 42.5 Å². The maximum atomic E-state index is 9.06. The Bertz CT molecular complexity index is 485. The molecular formula is C16H19NO2. The lowest BCUT2D eigenvalue weighted by Crippen LogP contribution is -2.20. The lowest BCUT2D eigenvalue weighted by molar-refractivity contribution is 0.281. The van der Waals surface area contributed by atoms with Gasteiger partial charge in [0.25, 0.3) is 0 Å². The average molecular weight is 257 g/mol. The van der Waals surface area contributed by atoms with Crippen LogP contribution in [0.3, 0.4) is 0 Å². The number of rotatable bonds is 7. The molecule has 0 bridgehead atoms. The van der Waals surface area contributed by atoms with Crippen LogP contribution in [0.1, 0.15) is 11.1 Å². The summed E-state index contributed by atoms with van der Waals surface area (Å²) in [7, 11) is 0. The molecule has 0 spiro atoms. The van der Waals surface area contributed by atoms with Crippen LogP contribution >= 0.6 is 0 Å². The minimum absolute atomic E-state index is 0.0883. The quantitative estimate of drug-likeness (QED) is 0.748. The smallest absolute Gasteiger partial charge is 0.119 e. The Balaban J connectivity index is 1.66. The van der Waals surface area contributed by atoms with Crippen molar-refractivity contribution >= 4 is 0 Å². The first-order valence-electron chi connectivity index (χ1n) is 6.46. The molecule has 19 heavy (non-hydrogen) atoms. The second kappa shape index (κ2) is 7.56. The van der Waals surface area contributed by atoms with Crippen molar-refractivity contribution in [2.45, 2.75) is 13.2 Å². The van der Waals surface area contributed by atoms with Crippen molar-refractivity contribution in [1.82, 2.24) is 5.32 Å². The zero-order valence-corrected chi connectivity index (χ0v) is 10.9. The first-order chi connectivity index (χ1) is 9.38. The van der Waals surface area contributed by atoms with Crippen LogP contribution in [0.15, 0.2) is 54.6 Å². The van der Waals surface area contributed by atoms with Crippen LogP contribution in [0.25, 0.3) is 0 Å². The van der Waals surface area contributed by atoms with E-state index >= 15 is 0 Å². The zero-order valence-electron chi connectivity index (χ0n) is 10.9. The highest BCUT2D eigenvalue weighted by Gasteiger charge is 1.95. The van der Waals surface area contributed by atoms with Crippen molar-refractivity contribution in [1.29, 1.82) is 0 Å². The molecule has 0 aliphatic carbocycles. The van der Waals surface area contributed by atoms with Gasteiger partial charge in [0.1, 0.15) is 12.4 Å². The van der Waals surface area contributed by atoms with Gasteiger partial charge in [0.05, 0.1) is 6.61 Å². The summed E-state index contributed by atoms with van der Waals surface area (Å²) in [5.74, 6) is 0.895. The topological polar surface area (TPSA) is 41.5 Å². The second-order valence-corrected chi connectivity index (χ2v) is 4.32. The first kappa shape index (κ1) is 13.6. The van der Waals surface area contributed by atoms with Crippen LogP contribution in [0.4, 0.5) is 0 Å². The van der Waals surface area contributed by atoms with E-state index in [4.69, 9.17) is 9.84 Å². The number of hydrogen-bond acceptors (Lipinski definition) is 3. The van der Waals surface area contributed by atoms with Crippen molar-refractivity contribution in [2.75, 3.05) is 13.2 Å². The van der Waals surface area contributed by atoms with Gasteiger partial charge in [-0.3, -0.25) is 0 Å². The largest absolute Gasteiger partial charge is 0.492 e. The maximum Gasteiger partial charge on any atom is 0.119 e. The summed E-state index contributed by atoms with van der Waals surface area (Å²) >= 11 is 0. The van der Waals surface area contributed by atoms with Gasteiger partial charge in [0.2, 0.25) is 0 Å². The van der Waals surface area contributed by atoms with Crippen molar-refractivity contribution in [3.63, 3.8) is 0 Å². The lowest BCUT2D eigenvalue weighted by Gasteiger charge is -2.08. The summed E-state index contributed by atoms with van der Waals surface area (Å²) in [5.41, 5.74) is 2.12. The highest BCUT2D eigenvalue weighted by Crippen LogP contribution is 2.07. The number of hydrogen-bond donors (Lipinski definition) is 2. The van der Waals surface area contributed by atoms with Crippen molar-refractivity contribution in [3.05, 3.63) is 65.7 Å². The molecule has 0 saturated heterocycles. The Kier molecular flexibility index (Phi) is 5.41. The molecule has 0 aliphatic heterocycles. The molecular weight excluding hydrogens is 238 g/mol. The Morgan fingerprint density at radius 3 is 2.53 bits per heavy atom. The Labute approximate surface area is 113 Å². The second-order valence-electron chi connectivity index (χ2n) is 4.32. The van der Waals surface area contributed by atoms with E-state index < -0.39 is 0 Å². The lowest BCUT2D eigenvalue weighted by atomic mass is 10.1. The van der Waals surface area contributed by atoms with Gasteiger partial charge >= 0.3 is 0 Å². The Morgan fingerprint density at radius 1 is 0.947 bits per heavy atom. The number of aliphatic hydroxyl groups excluding tert-OH is 1. The molecule has 0 amide bonds. The van der Waals surface area contributed by atoms with E-state index in [2.05, 4.69) is 5.32 Å². The first-order valence-corrected chi connectivity index (χ1v) is 6.46. The molecule has 2 N–H and O–H groups in total. The summed E-state index contributed by atoms with van der Waals surface area (Å²) < 4.78 is 5.59. The molecule has 3 heteroatoms. The van der Waals surface area contributed by atoms with Crippen molar-refractivity contribution in [2.24, 2.45) is 0 Å². The summed E-state index contributed by atoms with van der Waals surface area (Å²) in [6, 6.07) is 17.7. The molecule has 0 heterocycles. The molecule has 0 atom stereocenters. The van der Waals surface area contributed by atoms with Crippen LogP contribution in [-0.4, -0.2) is 18.3 Å². The van der Waals surface area contributed by atoms with E-state index in [1.807, 2.05) is 54.6 Å². The summed E-state index contributed by atoms with van der Waals surface area (Å²) in [6.07, 6.45) is 0. The molecule has 0 saturated carbocycles. The third-order valence-corrected chi connectivity index (χ3v) is 2.79. The van der Waals surface area contributed by atoms with E-state index in [0.717, 1.165) is 24.4 Å². The number of benzene rings is 2. The molecule has 0 fully saturated rings. The highest BCUT2D eigenvalue weighted by molar-refractivity contribution is 5.23. The minimum atomic E-state index is 0.0883. The molecule has 0 radical (unpaired) electrons. The molecule has 0 unspecified atom stereocenters. The SMILES string of the molecule is OCc1cccc(CNCCOc2ccccc2)c1. The third kappa shape index (κ3) is 4.73. The van der Waals surface area contributed by atoms with Crippen LogP contribution in [-0.2, 0) is 13.2 Å². The fraction of sp³-hybridized carbons (Fsp3) is 0.250. The fourth-order valence-electron chi connectivity index (χ4n) is 1.83. The molecule has 2 aromatic rings. The molecule has 100 valence electrons. The van der Waals surface area contributed by atoms with Gasteiger partial charge in [-0.2, -0.15) is 0 Å². The van der Waals surface area contributed by atoms with E-state index in [-0.39, 0.29) is 6.61 Å². The van der Waals surface area contributed by atoms with Gasteiger partial charge in [0.15, 0.2) is 0 Å². The zero-order chi connectivity index (χ0) is 13.3. The van der Waals surface area contributed by atoms with E-state index in [9.17, 15) is 0 Å². The number of aliphatic hydroxyl groups is 1.